The maximum Gasteiger partial charge on any atom is 0.129 e. The number of aryl methyl sites for hydroxylation is 1. The van der Waals surface area contributed by atoms with Crippen molar-refractivity contribution in [1.82, 2.24) is 4.98 Å². The van der Waals surface area contributed by atoms with Crippen molar-refractivity contribution in [3.8, 4) is 16.3 Å². The largest absolute Gasteiger partial charge is 0.493 e. The summed E-state index contributed by atoms with van der Waals surface area (Å²) in [7, 11) is 0. The summed E-state index contributed by atoms with van der Waals surface area (Å²) >= 11 is 1.69. The number of ether oxygens (including phenoxy) is 1. The van der Waals surface area contributed by atoms with Gasteiger partial charge in [-0.3, -0.25) is 0 Å². The Morgan fingerprint density at radius 2 is 2.06 bits per heavy atom. The lowest BCUT2D eigenvalue weighted by Gasteiger charge is -2.07. The SMILES string of the molecule is CCCc1csc(-c2ccccc2OCC)n1. The molecule has 2 nitrogen and oxygen atoms in total. The number of nitrogens with zero attached hydrogens (tertiary/aromatic N) is 1. The van der Waals surface area contributed by atoms with Crippen molar-refractivity contribution in [2.75, 3.05) is 6.61 Å². The molecule has 0 spiro atoms. The number of rotatable bonds is 5. The quantitative estimate of drug-likeness (QED) is 0.791. The van der Waals surface area contributed by atoms with Crippen LogP contribution in [0, 0.1) is 0 Å². The highest BCUT2D eigenvalue weighted by Gasteiger charge is 2.09. The van der Waals surface area contributed by atoms with Gasteiger partial charge in [-0.15, -0.1) is 11.3 Å². The maximum absolute atomic E-state index is 5.63. The first-order valence-corrected chi connectivity index (χ1v) is 6.89. The van der Waals surface area contributed by atoms with Gasteiger partial charge in [0.15, 0.2) is 0 Å². The monoisotopic (exact) mass is 247 g/mol. The molecule has 0 bridgehead atoms. The third-order valence-electron chi connectivity index (χ3n) is 2.48. The summed E-state index contributed by atoms with van der Waals surface area (Å²) in [5.74, 6) is 0.924. The van der Waals surface area contributed by atoms with Gasteiger partial charge >= 0.3 is 0 Å². The molecule has 17 heavy (non-hydrogen) atoms. The number of hydrogen-bond acceptors (Lipinski definition) is 3. The molecular weight excluding hydrogens is 230 g/mol. The summed E-state index contributed by atoms with van der Waals surface area (Å²) in [5.41, 5.74) is 2.28. The second kappa shape index (κ2) is 5.82. The number of hydrogen-bond donors (Lipinski definition) is 0. The fourth-order valence-electron chi connectivity index (χ4n) is 1.73. The van der Waals surface area contributed by atoms with E-state index in [0.29, 0.717) is 6.61 Å². The first-order valence-electron chi connectivity index (χ1n) is 6.01. The highest BCUT2D eigenvalue weighted by molar-refractivity contribution is 7.13. The molecule has 0 saturated carbocycles. The minimum atomic E-state index is 0.685. The first kappa shape index (κ1) is 12.1. The van der Waals surface area contributed by atoms with Crippen molar-refractivity contribution in [2.24, 2.45) is 0 Å². The molecule has 0 atom stereocenters. The summed E-state index contributed by atoms with van der Waals surface area (Å²) in [6.45, 7) is 4.86. The molecule has 0 amide bonds. The van der Waals surface area contributed by atoms with E-state index < -0.39 is 0 Å². The van der Waals surface area contributed by atoms with Crippen LogP contribution in [0.4, 0.5) is 0 Å². The van der Waals surface area contributed by atoms with E-state index in [2.05, 4.69) is 23.4 Å². The van der Waals surface area contributed by atoms with Crippen LogP contribution in [-0.2, 0) is 6.42 Å². The van der Waals surface area contributed by atoms with Crippen LogP contribution in [0.2, 0.25) is 0 Å². The van der Waals surface area contributed by atoms with Crippen molar-refractivity contribution < 1.29 is 4.74 Å². The minimum Gasteiger partial charge on any atom is -0.493 e. The molecule has 0 aliphatic heterocycles. The van der Waals surface area contributed by atoms with Gasteiger partial charge in [-0.05, 0) is 25.5 Å². The fraction of sp³-hybridized carbons (Fsp3) is 0.357. The molecule has 3 heteroatoms. The van der Waals surface area contributed by atoms with E-state index in [-0.39, 0.29) is 0 Å². The van der Waals surface area contributed by atoms with Gasteiger partial charge in [0.1, 0.15) is 10.8 Å². The topological polar surface area (TPSA) is 22.1 Å². The smallest absolute Gasteiger partial charge is 0.129 e. The van der Waals surface area contributed by atoms with Crippen molar-refractivity contribution in [2.45, 2.75) is 26.7 Å². The molecule has 1 aromatic carbocycles. The molecule has 0 unspecified atom stereocenters. The highest BCUT2D eigenvalue weighted by atomic mass is 32.1. The number of thiazole rings is 1. The van der Waals surface area contributed by atoms with Crippen LogP contribution in [0.15, 0.2) is 29.6 Å². The van der Waals surface area contributed by atoms with Crippen LogP contribution < -0.4 is 4.74 Å². The molecule has 90 valence electrons. The Balaban J connectivity index is 2.31. The number of para-hydroxylation sites is 1. The minimum absolute atomic E-state index is 0.685. The van der Waals surface area contributed by atoms with Gasteiger partial charge in [-0.1, -0.05) is 25.5 Å². The van der Waals surface area contributed by atoms with Crippen molar-refractivity contribution in [3.05, 3.63) is 35.3 Å². The summed E-state index contributed by atoms with van der Waals surface area (Å²) in [4.78, 5) is 4.65. The van der Waals surface area contributed by atoms with Crippen molar-refractivity contribution in [1.29, 1.82) is 0 Å². The average Bonchev–Trinajstić information content (AvgIpc) is 2.79. The fourth-order valence-corrected chi connectivity index (χ4v) is 2.61. The normalized spacial score (nSPS) is 10.5. The maximum atomic E-state index is 5.63. The molecule has 2 rings (SSSR count). The highest BCUT2D eigenvalue weighted by Crippen LogP contribution is 2.32. The van der Waals surface area contributed by atoms with Crippen LogP contribution in [-0.4, -0.2) is 11.6 Å². The predicted octanol–water partition coefficient (Wildman–Crippen LogP) is 4.16. The average molecular weight is 247 g/mol. The Morgan fingerprint density at radius 1 is 1.24 bits per heavy atom. The molecule has 0 N–H and O–H groups in total. The summed E-state index contributed by atoms with van der Waals surface area (Å²) < 4.78 is 5.63. The first-order chi connectivity index (χ1) is 8.35. The van der Waals surface area contributed by atoms with Gasteiger partial charge < -0.3 is 4.74 Å². The van der Waals surface area contributed by atoms with E-state index in [1.54, 1.807) is 11.3 Å². The summed E-state index contributed by atoms with van der Waals surface area (Å²) in [5, 5.41) is 3.19. The lowest BCUT2D eigenvalue weighted by atomic mass is 10.2. The predicted molar refractivity (Wildman–Crippen MR) is 72.7 cm³/mol. The molecule has 0 saturated heterocycles. The molecular formula is C14H17NOS. The number of aromatic nitrogens is 1. The molecule has 0 aliphatic rings. The third kappa shape index (κ3) is 2.86. The Labute approximate surface area is 106 Å². The van der Waals surface area contributed by atoms with E-state index in [1.807, 2.05) is 25.1 Å². The lowest BCUT2D eigenvalue weighted by Crippen LogP contribution is -1.93. The van der Waals surface area contributed by atoms with E-state index in [0.717, 1.165) is 29.2 Å². The number of benzene rings is 1. The van der Waals surface area contributed by atoms with Gasteiger partial charge in [0.05, 0.1) is 17.9 Å². The van der Waals surface area contributed by atoms with Gasteiger partial charge in [0.2, 0.25) is 0 Å². The van der Waals surface area contributed by atoms with Crippen LogP contribution >= 0.6 is 11.3 Å². The van der Waals surface area contributed by atoms with Gasteiger partial charge in [0.25, 0.3) is 0 Å². The van der Waals surface area contributed by atoms with E-state index in [1.165, 1.54) is 5.69 Å². The van der Waals surface area contributed by atoms with Gasteiger partial charge in [-0.25, -0.2) is 4.98 Å². The molecule has 0 aliphatic carbocycles. The van der Waals surface area contributed by atoms with Gasteiger partial charge in [0, 0.05) is 5.38 Å². The van der Waals surface area contributed by atoms with Crippen LogP contribution in [0.1, 0.15) is 26.0 Å². The van der Waals surface area contributed by atoms with E-state index >= 15 is 0 Å². The Kier molecular flexibility index (Phi) is 4.15. The second-order valence-corrected chi connectivity index (χ2v) is 4.68. The van der Waals surface area contributed by atoms with Crippen molar-refractivity contribution in [3.63, 3.8) is 0 Å². The van der Waals surface area contributed by atoms with Crippen LogP contribution in [0.5, 0.6) is 5.75 Å². The van der Waals surface area contributed by atoms with Crippen LogP contribution in [0.25, 0.3) is 10.6 Å². The molecule has 1 aromatic heterocycles. The molecule has 0 radical (unpaired) electrons. The zero-order valence-corrected chi connectivity index (χ0v) is 11.1. The molecule has 0 fully saturated rings. The Hall–Kier alpha value is -1.35. The second-order valence-electron chi connectivity index (χ2n) is 3.82. The lowest BCUT2D eigenvalue weighted by molar-refractivity contribution is 0.341. The van der Waals surface area contributed by atoms with E-state index in [4.69, 9.17) is 4.74 Å². The van der Waals surface area contributed by atoms with Crippen molar-refractivity contribution >= 4 is 11.3 Å². The van der Waals surface area contributed by atoms with Gasteiger partial charge in [-0.2, -0.15) is 0 Å². The van der Waals surface area contributed by atoms with E-state index in [9.17, 15) is 0 Å². The standard InChI is InChI=1S/C14H17NOS/c1-3-7-11-10-17-14(15-11)12-8-5-6-9-13(12)16-4-2/h5-6,8-10H,3-4,7H2,1-2H3. The zero-order chi connectivity index (χ0) is 12.1. The van der Waals surface area contributed by atoms with Crippen LogP contribution in [0.3, 0.4) is 0 Å². The summed E-state index contributed by atoms with van der Waals surface area (Å²) in [6, 6.07) is 8.09. The summed E-state index contributed by atoms with van der Waals surface area (Å²) in [6.07, 6.45) is 2.18. The molecule has 2 aromatic rings. The molecule has 1 heterocycles. The third-order valence-corrected chi connectivity index (χ3v) is 3.40. The zero-order valence-electron chi connectivity index (χ0n) is 10.3. The Morgan fingerprint density at radius 3 is 2.82 bits per heavy atom. The Bertz CT molecular complexity index is 479.